The van der Waals surface area contributed by atoms with E-state index in [1.54, 1.807) is 47.4 Å². The summed E-state index contributed by atoms with van der Waals surface area (Å²) in [6, 6.07) is 13.6. The predicted octanol–water partition coefficient (Wildman–Crippen LogP) is 3.46. The van der Waals surface area contributed by atoms with Crippen molar-refractivity contribution in [3.05, 3.63) is 75.2 Å². The summed E-state index contributed by atoms with van der Waals surface area (Å²) in [5.74, 6) is -1.21. The van der Waals surface area contributed by atoms with Gasteiger partial charge < -0.3 is 10.0 Å². The number of aromatic carboxylic acids is 1. The minimum atomic E-state index is -1.17. The summed E-state index contributed by atoms with van der Waals surface area (Å²) in [6.45, 7) is 0.585. The number of amides is 1. The summed E-state index contributed by atoms with van der Waals surface area (Å²) in [5, 5.41) is 10.6. The van der Waals surface area contributed by atoms with Gasteiger partial charge in [0.25, 0.3) is 5.56 Å². The van der Waals surface area contributed by atoms with Gasteiger partial charge in [-0.2, -0.15) is 0 Å². The summed E-state index contributed by atoms with van der Waals surface area (Å²) >= 11 is 6.27. The van der Waals surface area contributed by atoms with E-state index in [0.29, 0.717) is 18.7 Å². The van der Waals surface area contributed by atoms with Crippen LogP contribution < -0.4 is 5.56 Å². The molecule has 28 heavy (non-hydrogen) atoms. The van der Waals surface area contributed by atoms with Crippen LogP contribution in [0.3, 0.4) is 0 Å². The highest BCUT2D eigenvalue weighted by atomic mass is 35.5. The van der Waals surface area contributed by atoms with Crippen LogP contribution in [0.2, 0.25) is 5.02 Å². The number of carbonyl (C=O) groups excluding carboxylic acids is 1. The predicted molar refractivity (Wildman–Crippen MR) is 106 cm³/mol. The molecule has 1 aliphatic rings. The molecule has 142 valence electrons. The second-order valence-corrected chi connectivity index (χ2v) is 7.09. The molecule has 7 heteroatoms. The van der Waals surface area contributed by atoms with Crippen molar-refractivity contribution in [1.82, 2.24) is 9.47 Å². The van der Waals surface area contributed by atoms with E-state index in [1.165, 1.54) is 4.57 Å². The monoisotopic (exact) mass is 396 g/mol. The van der Waals surface area contributed by atoms with Gasteiger partial charge in [-0.05, 0) is 24.6 Å². The highest BCUT2D eigenvalue weighted by Crippen LogP contribution is 2.29. The molecule has 3 aromatic rings. The van der Waals surface area contributed by atoms with Gasteiger partial charge >= 0.3 is 5.97 Å². The molecular formula is C21H17ClN2O4. The van der Waals surface area contributed by atoms with Gasteiger partial charge in [0.2, 0.25) is 5.91 Å². The van der Waals surface area contributed by atoms with Crippen molar-refractivity contribution in [3.8, 4) is 5.69 Å². The molecule has 1 aliphatic heterocycles. The maximum Gasteiger partial charge on any atom is 0.338 e. The molecule has 4 rings (SSSR count). The van der Waals surface area contributed by atoms with Crippen molar-refractivity contribution in [2.45, 2.75) is 19.4 Å². The molecule has 1 amide bonds. The zero-order chi connectivity index (χ0) is 19.8. The summed E-state index contributed by atoms with van der Waals surface area (Å²) in [7, 11) is 0. The van der Waals surface area contributed by atoms with Crippen LogP contribution in [0.4, 0.5) is 0 Å². The Bertz CT molecular complexity index is 1150. The lowest BCUT2D eigenvalue weighted by Crippen LogP contribution is -2.32. The number of aromatic nitrogens is 1. The van der Waals surface area contributed by atoms with Gasteiger partial charge in [0.15, 0.2) is 0 Å². The highest BCUT2D eigenvalue weighted by Gasteiger charge is 2.28. The van der Waals surface area contributed by atoms with E-state index in [1.807, 2.05) is 6.07 Å². The van der Waals surface area contributed by atoms with E-state index < -0.39 is 11.5 Å². The number of carbonyl (C=O) groups is 2. The van der Waals surface area contributed by atoms with Gasteiger partial charge in [-0.3, -0.25) is 14.2 Å². The van der Waals surface area contributed by atoms with Crippen LogP contribution >= 0.6 is 11.6 Å². The number of para-hydroxylation sites is 1. The SMILES string of the molecule is O=C(O)c1c(CN2CCCC2=O)n(-c2ccccc2)c(=O)c2c(Cl)cccc12. The Morgan fingerprint density at radius 1 is 1.07 bits per heavy atom. The number of rotatable bonds is 4. The number of nitrogens with zero attached hydrogens (tertiary/aromatic N) is 2. The Labute approximate surface area is 165 Å². The third-order valence-electron chi connectivity index (χ3n) is 5.00. The third kappa shape index (κ3) is 2.96. The van der Waals surface area contributed by atoms with Crippen LogP contribution in [0.5, 0.6) is 0 Å². The minimum Gasteiger partial charge on any atom is -0.478 e. The molecular weight excluding hydrogens is 380 g/mol. The second-order valence-electron chi connectivity index (χ2n) is 6.68. The number of pyridine rings is 1. The maximum atomic E-state index is 13.4. The first-order valence-electron chi connectivity index (χ1n) is 8.91. The first kappa shape index (κ1) is 18.3. The zero-order valence-corrected chi connectivity index (χ0v) is 15.6. The van der Waals surface area contributed by atoms with Gasteiger partial charge in [0, 0.05) is 24.0 Å². The van der Waals surface area contributed by atoms with Gasteiger partial charge in [0.1, 0.15) is 0 Å². The van der Waals surface area contributed by atoms with Gasteiger partial charge in [-0.25, -0.2) is 4.79 Å². The Morgan fingerprint density at radius 3 is 2.46 bits per heavy atom. The third-order valence-corrected chi connectivity index (χ3v) is 5.31. The molecule has 1 fully saturated rings. The van der Waals surface area contributed by atoms with Crippen molar-refractivity contribution in [1.29, 1.82) is 0 Å². The maximum absolute atomic E-state index is 13.4. The average molecular weight is 397 g/mol. The molecule has 1 aromatic heterocycles. The summed E-state index contributed by atoms with van der Waals surface area (Å²) in [5.41, 5.74) is 0.381. The fourth-order valence-corrected chi connectivity index (χ4v) is 4.00. The summed E-state index contributed by atoms with van der Waals surface area (Å²) < 4.78 is 1.36. The number of benzene rings is 2. The number of hydrogen-bond donors (Lipinski definition) is 1. The van der Waals surface area contributed by atoms with Crippen LogP contribution in [0.1, 0.15) is 28.9 Å². The van der Waals surface area contributed by atoms with Crippen molar-refractivity contribution in [3.63, 3.8) is 0 Å². The van der Waals surface area contributed by atoms with Crippen LogP contribution in [-0.4, -0.2) is 33.0 Å². The van der Waals surface area contributed by atoms with E-state index in [9.17, 15) is 19.5 Å². The molecule has 0 bridgehead atoms. The van der Waals surface area contributed by atoms with Crippen molar-refractivity contribution >= 4 is 34.2 Å². The van der Waals surface area contributed by atoms with Crippen LogP contribution in [-0.2, 0) is 11.3 Å². The summed E-state index contributed by atoms with van der Waals surface area (Å²) in [6.07, 6.45) is 1.15. The second kappa shape index (κ2) is 7.13. The molecule has 1 N–H and O–H groups in total. The lowest BCUT2D eigenvalue weighted by Gasteiger charge is -2.23. The van der Waals surface area contributed by atoms with Crippen molar-refractivity contribution in [2.75, 3.05) is 6.54 Å². The van der Waals surface area contributed by atoms with E-state index in [-0.39, 0.29) is 39.5 Å². The van der Waals surface area contributed by atoms with Crippen LogP contribution in [0.15, 0.2) is 53.3 Å². The number of hydrogen-bond acceptors (Lipinski definition) is 3. The number of halogens is 1. The van der Waals surface area contributed by atoms with Gasteiger partial charge in [-0.1, -0.05) is 41.9 Å². The smallest absolute Gasteiger partial charge is 0.338 e. The molecule has 0 unspecified atom stereocenters. The molecule has 0 saturated carbocycles. The number of carboxylic acid groups (broad SMARTS) is 1. The molecule has 2 heterocycles. The number of fused-ring (bicyclic) bond motifs is 1. The van der Waals surface area contributed by atoms with E-state index in [0.717, 1.165) is 6.42 Å². The standard InChI is InChI=1S/C21H17ClN2O4/c22-15-9-4-8-14-18(15)20(26)24(13-6-2-1-3-7-13)16(19(14)21(27)28)12-23-11-5-10-17(23)25/h1-4,6-9H,5,10-12H2,(H,27,28). The molecule has 6 nitrogen and oxygen atoms in total. The van der Waals surface area contributed by atoms with Crippen LogP contribution in [0, 0.1) is 0 Å². The van der Waals surface area contributed by atoms with Crippen LogP contribution in [0.25, 0.3) is 16.5 Å². The van der Waals surface area contributed by atoms with E-state index >= 15 is 0 Å². The highest BCUT2D eigenvalue weighted by molar-refractivity contribution is 6.35. The molecule has 0 spiro atoms. The largest absolute Gasteiger partial charge is 0.478 e. The molecule has 2 aromatic carbocycles. The Hall–Kier alpha value is -3.12. The normalized spacial score (nSPS) is 14.0. The Balaban J connectivity index is 2.11. The lowest BCUT2D eigenvalue weighted by atomic mass is 10.0. The topological polar surface area (TPSA) is 79.6 Å². The van der Waals surface area contributed by atoms with E-state index in [2.05, 4.69) is 0 Å². The Kier molecular flexibility index (Phi) is 4.65. The quantitative estimate of drug-likeness (QED) is 0.732. The Morgan fingerprint density at radius 2 is 1.82 bits per heavy atom. The van der Waals surface area contributed by atoms with Gasteiger partial charge in [0.05, 0.1) is 28.2 Å². The molecule has 1 saturated heterocycles. The zero-order valence-electron chi connectivity index (χ0n) is 14.9. The molecule has 0 atom stereocenters. The average Bonchev–Trinajstić information content (AvgIpc) is 3.07. The van der Waals surface area contributed by atoms with Crippen molar-refractivity contribution in [2.24, 2.45) is 0 Å². The molecule has 0 aliphatic carbocycles. The number of carboxylic acids is 1. The van der Waals surface area contributed by atoms with Gasteiger partial charge in [-0.15, -0.1) is 0 Å². The van der Waals surface area contributed by atoms with E-state index in [4.69, 9.17) is 11.6 Å². The fourth-order valence-electron chi connectivity index (χ4n) is 3.74. The number of likely N-dealkylation sites (tertiary alicyclic amines) is 1. The fraction of sp³-hybridized carbons (Fsp3) is 0.190. The lowest BCUT2D eigenvalue weighted by molar-refractivity contribution is -0.128. The first-order valence-corrected chi connectivity index (χ1v) is 9.29. The van der Waals surface area contributed by atoms with Crippen molar-refractivity contribution < 1.29 is 14.7 Å². The minimum absolute atomic E-state index is 0.0133. The molecule has 0 radical (unpaired) electrons. The first-order chi connectivity index (χ1) is 13.5. The summed E-state index contributed by atoms with van der Waals surface area (Å²) in [4.78, 5) is 39.4.